The molecule has 2 heterocycles. The third-order valence-corrected chi connectivity index (χ3v) is 4.02. The number of pyridine rings is 1. The van der Waals surface area contributed by atoms with Gasteiger partial charge in [-0.1, -0.05) is 0 Å². The van der Waals surface area contributed by atoms with Gasteiger partial charge in [0.05, 0.1) is 6.10 Å². The highest BCUT2D eigenvalue weighted by Crippen LogP contribution is 2.22. The SMILES string of the molecule is CCN(CC1CCCO1)c1cc(C)c(Br)cn1. The normalized spacial score (nSPS) is 19.6. The van der Waals surface area contributed by atoms with E-state index in [0.29, 0.717) is 6.10 Å². The summed E-state index contributed by atoms with van der Waals surface area (Å²) < 4.78 is 6.75. The van der Waals surface area contributed by atoms with Crippen molar-refractivity contribution in [1.82, 2.24) is 4.98 Å². The van der Waals surface area contributed by atoms with Crippen LogP contribution in [-0.2, 0) is 4.74 Å². The van der Waals surface area contributed by atoms with Crippen LogP contribution in [0.5, 0.6) is 0 Å². The summed E-state index contributed by atoms with van der Waals surface area (Å²) in [6, 6.07) is 2.13. The summed E-state index contributed by atoms with van der Waals surface area (Å²) in [4.78, 5) is 6.76. The maximum atomic E-state index is 5.68. The molecule has 94 valence electrons. The number of rotatable bonds is 4. The van der Waals surface area contributed by atoms with Crippen molar-refractivity contribution < 1.29 is 4.74 Å². The van der Waals surface area contributed by atoms with Crippen molar-refractivity contribution >= 4 is 21.7 Å². The number of nitrogens with zero attached hydrogens (tertiary/aromatic N) is 2. The summed E-state index contributed by atoms with van der Waals surface area (Å²) >= 11 is 3.48. The Morgan fingerprint density at radius 1 is 1.59 bits per heavy atom. The largest absolute Gasteiger partial charge is 0.376 e. The number of aryl methyl sites for hydroxylation is 1. The molecule has 1 aromatic heterocycles. The first-order valence-electron chi connectivity index (χ1n) is 6.19. The van der Waals surface area contributed by atoms with Gasteiger partial charge in [-0.15, -0.1) is 0 Å². The molecule has 0 bridgehead atoms. The van der Waals surface area contributed by atoms with Crippen LogP contribution in [0.2, 0.25) is 0 Å². The molecule has 0 amide bonds. The number of likely N-dealkylation sites (N-methyl/N-ethyl adjacent to an activating group) is 1. The van der Waals surface area contributed by atoms with Crippen LogP contribution >= 0.6 is 15.9 Å². The first kappa shape index (κ1) is 12.8. The van der Waals surface area contributed by atoms with Crippen LogP contribution in [0, 0.1) is 6.92 Å². The van der Waals surface area contributed by atoms with Crippen molar-refractivity contribution in [2.24, 2.45) is 0 Å². The third kappa shape index (κ3) is 3.19. The minimum atomic E-state index is 0.376. The topological polar surface area (TPSA) is 25.4 Å². The number of anilines is 1. The zero-order valence-electron chi connectivity index (χ0n) is 10.4. The first-order valence-corrected chi connectivity index (χ1v) is 6.98. The van der Waals surface area contributed by atoms with Crippen LogP contribution in [0.25, 0.3) is 0 Å². The van der Waals surface area contributed by atoms with E-state index in [-0.39, 0.29) is 0 Å². The van der Waals surface area contributed by atoms with Crippen molar-refractivity contribution in [3.05, 3.63) is 22.3 Å². The lowest BCUT2D eigenvalue weighted by Gasteiger charge is -2.25. The van der Waals surface area contributed by atoms with Gasteiger partial charge in [0.2, 0.25) is 0 Å². The van der Waals surface area contributed by atoms with Gasteiger partial charge in [0.1, 0.15) is 5.82 Å². The van der Waals surface area contributed by atoms with Gasteiger partial charge in [0.15, 0.2) is 0 Å². The first-order chi connectivity index (χ1) is 8.20. The van der Waals surface area contributed by atoms with Crippen LogP contribution in [0.15, 0.2) is 16.7 Å². The monoisotopic (exact) mass is 298 g/mol. The molecule has 0 aliphatic carbocycles. The van der Waals surface area contributed by atoms with Gasteiger partial charge < -0.3 is 9.64 Å². The van der Waals surface area contributed by atoms with E-state index in [4.69, 9.17) is 4.74 Å². The fraction of sp³-hybridized carbons (Fsp3) is 0.615. The lowest BCUT2D eigenvalue weighted by atomic mass is 10.2. The smallest absolute Gasteiger partial charge is 0.128 e. The molecule has 1 atom stereocenters. The molecule has 3 nitrogen and oxygen atoms in total. The van der Waals surface area contributed by atoms with Crippen molar-refractivity contribution in [1.29, 1.82) is 0 Å². The maximum absolute atomic E-state index is 5.68. The molecule has 1 aromatic rings. The van der Waals surface area contributed by atoms with Gasteiger partial charge in [-0.2, -0.15) is 0 Å². The molecule has 4 heteroatoms. The predicted molar refractivity (Wildman–Crippen MR) is 73.5 cm³/mol. The van der Waals surface area contributed by atoms with Crippen LogP contribution < -0.4 is 4.90 Å². The molecule has 2 rings (SSSR count). The van der Waals surface area contributed by atoms with Gasteiger partial charge in [0.25, 0.3) is 0 Å². The van der Waals surface area contributed by atoms with Crippen molar-refractivity contribution in [3.8, 4) is 0 Å². The summed E-state index contributed by atoms with van der Waals surface area (Å²) in [5.74, 6) is 1.05. The van der Waals surface area contributed by atoms with Crippen molar-refractivity contribution in [2.75, 3.05) is 24.6 Å². The Kier molecular flexibility index (Phi) is 4.40. The number of halogens is 1. The Morgan fingerprint density at radius 2 is 2.41 bits per heavy atom. The van der Waals surface area contributed by atoms with Crippen molar-refractivity contribution in [3.63, 3.8) is 0 Å². The molecule has 17 heavy (non-hydrogen) atoms. The minimum Gasteiger partial charge on any atom is -0.376 e. The molecular formula is C13H19BrN2O. The highest BCUT2D eigenvalue weighted by molar-refractivity contribution is 9.10. The average molecular weight is 299 g/mol. The van der Waals surface area contributed by atoms with Gasteiger partial charge >= 0.3 is 0 Å². The lowest BCUT2D eigenvalue weighted by molar-refractivity contribution is 0.115. The second-order valence-corrected chi connectivity index (χ2v) is 5.32. The molecule has 1 aliphatic rings. The van der Waals surface area contributed by atoms with E-state index in [1.165, 1.54) is 18.4 Å². The van der Waals surface area contributed by atoms with E-state index in [1.807, 2.05) is 6.20 Å². The van der Waals surface area contributed by atoms with Crippen LogP contribution in [0.3, 0.4) is 0 Å². The van der Waals surface area contributed by atoms with Gasteiger partial charge in [-0.05, 0) is 54.2 Å². The molecule has 1 aliphatic heterocycles. The van der Waals surface area contributed by atoms with E-state index in [9.17, 15) is 0 Å². The quantitative estimate of drug-likeness (QED) is 0.854. The van der Waals surface area contributed by atoms with Gasteiger partial charge in [-0.25, -0.2) is 4.98 Å². The summed E-state index contributed by atoms with van der Waals surface area (Å²) in [6.07, 6.45) is 4.62. The highest BCUT2D eigenvalue weighted by Gasteiger charge is 2.19. The zero-order chi connectivity index (χ0) is 12.3. The van der Waals surface area contributed by atoms with Crippen LogP contribution in [-0.4, -0.2) is 30.8 Å². The van der Waals surface area contributed by atoms with E-state index in [2.05, 4.69) is 45.7 Å². The summed E-state index contributed by atoms with van der Waals surface area (Å²) in [5.41, 5.74) is 1.22. The predicted octanol–water partition coefficient (Wildman–Crippen LogP) is 3.16. The maximum Gasteiger partial charge on any atom is 0.128 e. The van der Waals surface area contributed by atoms with Gasteiger partial charge in [-0.3, -0.25) is 0 Å². The number of aromatic nitrogens is 1. The second kappa shape index (κ2) is 5.83. The molecule has 0 saturated carbocycles. The summed E-state index contributed by atoms with van der Waals surface area (Å²) in [7, 11) is 0. The number of hydrogen-bond acceptors (Lipinski definition) is 3. The van der Waals surface area contributed by atoms with Gasteiger partial charge in [0, 0.05) is 30.4 Å². The van der Waals surface area contributed by atoms with E-state index >= 15 is 0 Å². The standard InChI is InChI=1S/C13H19BrN2O/c1-3-16(9-11-5-4-6-17-11)13-7-10(2)12(14)8-15-13/h7-8,11H,3-6,9H2,1-2H3. The summed E-state index contributed by atoms with van der Waals surface area (Å²) in [5, 5.41) is 0. The Bertz CT molecular complexity index is 378. The molecule has 0 aromatic carbocycles. The Balaban J connectivity index is 2.08. The van der Waals surface area contributed by atoms with Crippen molar-refractivity contribution in [2.45, 2.75) is 32.8 Å². The average Bonchev–Trinajstić information content (AvgIpc) is 2.82. The Labute approximate surface area is 111 Å². The third-order valence-electron chi connectivity index (χ3n) is 3.19. The van der Waals surface area contributed by atoms with Crippen LogP contribution in [0.4, 0.5) is 5.82 Å². The van der Waals surface area contributed by atoms with E-state index < -0.39 is 0 Å². The fourth-order valence-electron chi connectivity index (χ4n) is 2.12. The molecule has 0 N–H and O–H groups in total. The minimum absolute atomic E-state index is 0.376. The highest BCUT2D eigenvalue weighted by atomic mass is 79.9. The molecular weight excluding hydrogens is 280 g/mol. The number of ether oxygens (including phenoxy) is 1. The molecule has 0 radical (unpaired) electrons. The zero-order valence-corrected chi connectivity index (χ0v) is 12.0. The Morgan fingerprint density at radius 3 is 3.00 bits per heavy atom. The Hall–Kier alpha value is -0.610. The second-order valence-electron chi connectivity index (χ2n) is 4.47. The molecule has 1 unspecified atom stereocenters. The molecule has 0 spiro atoms. The van der Waals surface area contributed by atoms with Crippen LogP contribution in [0.1, 0.15) is 25.3 Å². The van der Waals surface area contributed by atoms with E-state index in [0.717, 1.165) is 30.0 Å². The van der Waals surface area contributed by atoms with E-state index in [1.54, 1.807) is 0 Å². The fourth-order valence-corrected chi connectivity index (χ4v) is 2.33. The molecule has 1 fully saturated rings. The summed E-state index contributed by atoms with van der Waals surface area (Å²) in [6.45, 7) is 7.08. The lowest BCUT2D eigenvalue weighted by Crippen LogP contribution is -2.32. The molecule has 1 saturated heterocycles. The number of hydrogen-bond donors (Lipinski definition) is 0.